The summed E-state index contributed by atoms with van der Waals surface area (Å²) in [7, 11) is 0. The van der Waals surface area contributed by atoms with Crippen LogP contribution in [-0.4, -0.2) is 27.3 Å². The van der Waals surface area contributed by atoms with Crippen LogP contribution in [0, 0.1) is 23.0 Å². The predicted octanol–water partition coefficient (Wildman–Crippen LogP) is 5.16. The molecule has 202 valence electrons. The Labute approximate surface area is 236 Å². The van der Waals surface area contributed by atoms with Gasteiger partial charge in [-0.1, -0.05) is 23.2 Å². The van der Waals surface area contributed by atoms with Crippen molar-refractivity contribution in [1.29, 1.82) is 5.26 Å². The van der Waals surface area contributed by atoms with Crippen LogP contribution in [0.1, 0.15) is 32.1 Å². The van der Waals surface area contributed by atoms with Gasteiger partial charge in [-0.05, 0) is 60.7 Å². The number of nitrogens with zero attached hydrogens (tertiary/aromatic N) is 3. The standard InChI is InChI=1S/C21H14ClFN6O3.C6H4ClF/c22-13-3-12(4-14(23)5-13)20(31)27-15-6-16(29-10-19(30)26-9-17(15)29)21(32)28-18-2-1-11(7-24)8-25-18;7-5-1-3-6(8)4-2-5/h1-6,8H,9-10H2,(H,26,30)(H,27,31)(H,25,28,32);1-4H. The number of aromatic nitrogens is 2. The number of amides is 3. The van der Waals surface area contributed by atoms with Crippen LogP contribution in [-0.2, 0) is 17.9 Å². The molecule has 0 atom stereocenters. The Morgan fingerprint density at radius 3 is 2.33 bits per heavy atom. The molecule has 1 aliphatic heterocycles. The average molecular weight is 583 g/mol. The number of hydrogen-bond donors (Lipinski definition) is 3. The fourth-order valence-corrected chi connectivity index (χ4v) is 4.01. The van der Waals surface area contributed by atoms with E-state index in [9.17, 15) is 23.2 Å². The van der Waals surface area contributed by atoms with Gasteiger partial charge in [0.15, 0.2) is 0 Å². The van der Waals surface area contributed by atoms with Gasteiger partial charge in [0.05, 0.1) is 23.5 Å². The molecule has 13 heteroatoms. The smallest absolute Gasteiger partial charge is 0.273 e. The summed E-state index contributed by atoms with van der Waals surface area (Å²) in [6.07, 6.45) is 1.31. The van der Waals surface area contributed by atoms with Crippen molar-refractivity contribution in [2.24, 2.45) is 0 Å². The third kappa shape index (κ3) is 6.99. The van der Waals surface area contributed by atoms with E-state index in [4.69, 9.17) is 28.5 Å². The van der Waals surface area contributed by atoms with E-state index in [0.29, 0.717) is 16.3 Å². The van der Waals surface area contributed by atoms with Crippen LogP contribution in [0.2, 0.25) is 10.0 Å². The highest BCUT2D eigenvalue weighted by atomic mass is 35.5. The maximum Gasteiger partial charge on any atom is 0.273 e. The van der Waals surface area contributed by atoms with Crippen LogP contribution in [0.15, 0.2) is 66.9 Å². The SMILES string of the molecule is Fc1ccc(Cl)cc1.N#Cc1ccc(NC(=O)c2cc(NC(=O)c3cc(F)cc(Cl)c3)c3n2CC(=O)NC3)nc1. The van der Waals surface area contributed by atoms with Gasteiger partial charge in [-0.2, -0.15) is 5.26 Å². The minimum Gasteiger partial charge on any atom is -0.349 e. The zero-order valence-corrected chi connectivity index (χ0v) is 21.9. The molecule has 2 aromatic carbocycles. The van der Waals surface area contributed by atoms with Crippen molar-refractivity contribution in [3.63, 3.8) is 0 Å². The Balaban J connectivity index is 0.000000398. The highest BCUT2D eigenvalue weighted by Gasteiger charge is 2.26. The Morgan fingerprint density at radius 2 is 1.70 bits per heavy atom. The number of carbonyl (C=O) groups excluding carboxylic acids is 3. The first kappa shape index (κ1) is 28.2. The number of halogens is 4. The molecule has 0 saturated carbocycles. The first-order valence-corrected chi connectivity index (χ1v) is 12.2. The normalized spacial score (nSPS) is 11.7. The van der Waals surface area contributed by atoms with Gasteiger partial charge >= 0.3 is 0 Å². The Kier molecular flexibility index (Phi) is 8.73. The Bertz CT molecular complexity index is 1590. The molecule has 3 N–H and O–H groups in total. The van der Waals surface area contributed by atoms with Gasteiger partial charge in [0.25, 0.3) is 11.8 Å². The molecule has 5 rings (SSSR count). The fourth-order valence-electron chi connectivity index (χ4n) is 3.66. The van der Waals surface area contributed by atoms with Gasteiger partial charge in [-0.15, -0.1) is 0 Å². The topological polar surface area (TPSA) is 129 Å². The van der Waals surface area contributed by atoms with Gasteiger partial charge in [0.1, 0.15) is 35.8 Å². The number of fused-ring (bicyclic) bond motifs is 1. The van der Waals surface area contributed by atoms with Crippen molar-refractivity contribution < 1.29 is 23.2 Å². The zero-order valence-electron chi connectivity index (χ0n) is 20.3. The van der Waals surface area contributed by atoms with Crippen molar-refractivity contribution in [2.75, 3.05) is 10.6 Å². The van der Waals surface area contributed by atoms with E-state index in [0.717, 1.165) is 12.1 Å². The summed E-state index contributed by atoms with van der Waals surface area (Å²) in [5.41, 5.74) is 1.24. The largest absolute Gasteiger partial charge is 0.349 e. The highest BCUT2D eigenvalue weighted by Crippen LogP contribution is 2.26. The van der Waals surface area contributed by atoms with Gasteiger partial charge in [0, 0.05) is 21.8 Å². The van der Waals surface area contributed by atoms with Crippen LogP contribution in [0.25, 0.3) is 0 Å². The lowest BCUT2D eigenvalue weighted by atomic mass is 10.2. The molecule has 0 fully saturated rings. The summed E-state index contributed by atoms with van der Waals surface area (Å²) >= 11 is 11.3. The van der Waals surface area contributed by atoms with Crippen LogP contribution in [0.4, 0.5) is 20.3 Å². The van der Waals surface area contributed by atoms with E-state index >= 15 is 0 Å². The molecular weight excluding hydrogens is 565 g/mol. The number of rotatable bonds is 4. The van der Waals surface area contributed by atoms with Crippen molar-refractivity contribution in [3.05, 3.63) is 111 Å². The molecule has 0 radical (unpaired) electrons. The zero-order chi connectivity index (χ0) is 28.8. The van der Waals surface area contributed by atoms with E-state index in [2.05, 4.69) is 20.9 Å². The Hall–Kier alpha value is -4.79. The van der Waals surface area contributed by atoms with Crippen LogP contribution >= 0.6 is 23.2 Å². The van der Waals surface area contributed by atoms with Gasteiger partial charge in [0.2, 0.25) is 5.91 Å². The van der Waals surface area contributed by atoms with E-state index in [1.807, 2.05) is 6.07 Å². The van der Waals surface area contributed by atoms with E-state index in [1.165, 1.54) is 59.3 Å². The minimum absolute atomic E-state index is 0.00239. The number of benzene rings is 2. The number of anilines is 2. The molecule has 2 aromatic heterocycles. The molecule has 0 saturated heterocycles. The second-order valence-corrected chi connectivity index (χ2v) is 9.17. The summed E-state index contributed by atoms with van der Waals surface area (Å²) < 4.78 is 27.1. The predicted molar refractivity (Wildman–Crippen MR) is 144 cm³/mol. The van der Waals surface area contributed by atoms with Crippen LogP contribution < -0.4 is 16.0 Å². The lowest BCUT2D eigenvalue weighted by Gasteiger charge is -2.19. The maximum absolute atomic E-state index is 13.6. The molecule has 3 heterocycles. The quantitative estimate of drug-likeness (QED) is 0.306. The molecule has 1 aliphatic rings. The monoisotopic (exact) mass is 582 g/mol. The minimum atomic E-state index is -0.663. The summed E-state index contributed by atoms with van der Waals surface area (Å²) in [5, 5.41) is 17.4. The first-order valence-electron chi connectivity index (χ1n) is 11.5. The molecule has 0 bridgehead atoms. The number of nitriles is 1. The molecule has 3 amide bonds. The lowest BCUT2D eigenvalue weighted by molar-refractivity contribution is -0.122. The van der Waals surface area contributed by atoms with Crippen molar-refractivity contribution in [3.8, 4) is 6.07 Å². The fraction of sp³-hybridized carbons (Fsp3) is 0.0741. The van der Waals surface area contributed by atoms with E-state index in [1.54, 1.807) is 0 Å². The molecule has 0 unspecified atom stereocenters. The third-order valence-corrected chi connectivity index (χ3v) is 5.98. The first-order chi connectivity index (χ1) is 19.1. The van der Waals surface area contributed by atoms with E-state index in [-0.39, 0.29) is 52.6 Å². The maximum atomic E-state index is 13.6. The number of hydrogen-bond acceptors (Lipinski definition) is 5. The molecule has 40 heavy (non-hydrogen) atoms. The van der Waals surface area contributed by atoms with Crippen molar-refractivity contribution in [1.82, 2.24) is 14.9 Å². The molecule has 4 aromatic rings. The molecule has 0 spiro atoms. The summed E-state index contributed by atoms with van der Waals surface area (Å²) in [6.45, 7) is -0.0404. The summed E-state index contributed by atoms with van der Waals surface area (Å²) in [4.78, 5) is 41.4. The second kappa shape index (κ2) is 12.4. The second-order valence-electron chi connectivity index (χ2n) is 8.30. The number of nitrogens with one attached hydrogen (secondary N) is 3. The van der Waals surface area contributed by atoms with Crippen LogP contribution in [0.3, 0.4) is 0 Å². The van der Waals surface area contributed by atoms with Gasteiger partial charge < -0.3 is 20.5 Å². The Morgan fingerprint density at radius 1 is 0.950 bits per heavy atom. The number of pyridine rings is 1. The molecular formula is C27H18Cl2F2N6O3. The van der Waals surface area contributed by atoms with Gasteiger partial charge in [-0.25, -0.2) is 13.8 Å². The number of carbonyl (C=O) groups is 3. The van der Waals surface area contributed by atoms with Crippen molar-refractivity contribution in [2.45, 2.75) is 13.1 Å². The van der Waals surface area contributed by atoms with Crippen LogP contribution in [0.5, 0.6) is 0 Å². The lowest BCUT2D eigenvalue weighted by Crippen LogP contribution is -2.36. The molecule has 0 aliphatic carbocycles. The third-order valence-electron chi connectivity index (χ3n) is 5.51. The average Bonchev–Trinajstić information content (AvgIpc) is 3.28. The summed E-state index contributed by atoms with van der Waals surface area (Å²) in [6, 6.07) is 15.4. The molecule has 9 nitrogen and oxygen atoms in total. The highest BCUT2D eigenvalue weighted by molar-refractivity contribution is 6.31. The van der Waals surface area contributed by atoms with E-state index < -0.39 is 17.6 Å². The van der Waals surface area contributed by atoms with Gasteiger partial charge in [-0.3, -0.25) is 14.4 Å². The summed E-state index contributed by atoms with van der Waals surface area (Å²) in [5.74, 6) is -2.19. The van der Waals surface area contributed by atoms with Crippen molar-refractivity contribution >= 4 is 52.4 Å².